The molecule has 2 aromatic heterocycles. The van der Waals surface area contributed by atoms with Crippen molar-refractivity contribution in [3.05, 3.63) is 82.9 Å². The maximum Gasteiger partial charge on any atom is 0.272 e. The summed E-state index contributed by atoms with van der Waals surface area (Å²) in [6, 6.07) is 14.6. The van der Waals surface area contributed by atoms with E-state index in [0.717, 1.165) is 34.3 Å². The molecule has 0 N–H and O–H groups in total. The van der Waals surface area contributed by atoms with Crippen LogP contribution in [0.15, 0.2) is 76.9 Å². The first-order chi connectivity index (χ1) is 13.1. The molecule has 0 saturated heterocycles. The van der Waals surface area contributed by atoms with Crippen molar-refractivity contribution in [2.24, 2.45) is 0 Å². The van der Waals surface area contributed by atoms with Gasteiger partial charge in [0, 0.05) is 29.4 Å². The van der Waals surface area contributed by atoms with Crippen LogP contribution in [0.3, 0.4) is 0 Å². The van der Waals surface area contributed by atoms with Gasteiger partial charge in [0.2, 0.25) is 0 Å². The average molecular weight is 415 g/mol. The van der Waals surface area contributed by atoms with Crippen molar-refractivity contribution in [3.8, 4) is 11.4 Å². The molecule has 0 aliphatic heterocycles. The molecule has 0 fully saturated rings. The highest BCUT2D eigenvalue weighted by atomic mass is 35.5. The topological polar surface area (TPSA) is 81.8 Å². The lowest BCUT2D eigenvalue weighted by molar-refractivity contribution is -0.385. The number of hydrogen-bond acceptors (Lipinski definition) is 6. The summed E-state index contributed by atoms with van der Waals surface area (Å²) in [5.74, 6) is -0.188. The van der Waals surface area contributed by atoms with Gasteiger partial charge in [-0.2, -0.15) is 0 Å². The first kappa shape index (κ1) is 19.7. The van der Waals surface area contributed by atoms with E-state index in [1.54, 1.807) is 18.5 Å². The number of hydrogen-bond donors (Lipinski definition) is 0. The van der Waals surface area contributed by atoms with Gasteiger partial charge >= 0.3 is 0 Å². The van der Waals surface area contributed by atoms with Crippen LogP contribution in [0.1, 0.15) is 0 Å². The molecule has 6 nitrogen and oxygen atoms in total. The zero-order chi connectivity index (χ0) is 18.8. The zero-order valence-corrected chi connectivity index (χ0v) is 15.8. The quantitative estimate of drug-likeness (QED) is 0.255. The molecular formula is C19H12ClFN4O2S. The minimum Gasteiger partial charge on any atom is -0.264 e. The normalized spacial score (nSPS) is 10.5. The lowest BCUT2D eigenvalue weighted by atomic mass is 10.2. The van der Waals surface area contributed by atoms with Gasteiger partial charge in [-0.1, -0.05) is 30.0 Å². The molecule has 0 aliphatic carbocycles. The van der Waals surface area contributed by atoms with Crippen molar-refractivity contribution >= 4 is 40.8 Å². The largest absolute Gasteiger partial charge is 0.272 e. The van der Waals surface area contributed by atoms with Crippen LogP contribution in [-0.4, -0.2) is 19.9 Å². The van der Waals surface area contributed by atoms with Crippen LogP contribution in [0, 0.1) is 15.9 Å². The molecule has 0 saturated carbocycles. The molecule has 140 valence electrons. The van der Waals surface area contributed by atoms with E-state index in [2.05, 4.69) is 15.0 Å². The van der Waals surface area contributed by atoms with Gasteiger partial charge in [-0.3, -0.25) is 15.1 Å². The molecule has 4 rings (SSSR count). The van der Waals surface area contributed by atoms with Gasteiger partial charge in [0.05, 0.1) is 21.4 Å². The van der Waals surface area contributed by atoms with Gasteiger partial charge in [0.15, 0.2) is 5.82 Å². The number of non-ortho nitro benzene ring substituents is 1. The summed E-state index contributed by atoms with van der Waals surface area (Å²) < 4.78 is 14.3. The van der Waals surface area contributed by atoms with Gasteiger partial charge in [0.25, 0.3) is 5.69 Å². The van der Waals surface area contributed by atoms with Crippen LogP contribution >= 0.6 is 24.2 Å². The number of aromatic nitrogens is 3. The summed E-state index contributed by atoms with van der Waals surface area (Å²) in [5, 5.41) is 12.1. The fourth-order valence-electron chi connectivity index (χ4n) is 2.54. The van der Waals surface area contributed by atoms with Crippen LogP contribution in [0.5, 0.6) is 0 Å². The summed E-state index contributed by atoms with van der Waals surface area (Å²) in [7, 11) is 0. The summed E-state index contributed by atoms with van der Waals surface area (Å²) in [5.41, 5.74) is 1.17. The first-order valence-corrected chi connectivity index (χ1v) is 8.72. The summed E-state index contributed by atoms with van der Waals surface area (Å²) in [6.45, 7) is 0. The van der Waals surface area contributed by atoms with E-state index in [1.807, 2.05) is 30.3 Å². The Morgan fingerprint density at radius 1 is 1.04 bits per heavy atom. The molecule has 0 radical (unpaired) electrons. The summed E-state index contributed by atoms with van der Waals surface area (Å²) in [4.78, 5) is 23.7. The van der Waals surface area contributed by atoms with E-state index in [-0.39, 0.29) is 23.0 Å². The SMILES string of the molecule is Cl.O=[N+]([O-])c1ccc(Sc2nc(-c3cccnc3)nc3ccccc23)c(F)c1. The Balaban J connectivity index is 0.00000225. The van der Waals surface area contributed by atoms with Crippen molar-refractivity contribution in [1.82, 2.24) is 15.0 Å². The van der Waals surface area contributed by atoms with Crippen LogP contribution in [-0.2, 0) is 0 Å². The fourth-order valence-corrected chi connectivity index (χ4v) is 3.46. The first-order valence-electron chi connectivity index (χ1n) is 7.91. The highest BCUT2D eigenvalue weighted by Crippen LogP contribution is 2.35. The second kappa shape index (κ2) is 8.28. The number of pyridine rings is 1. The monoisotopic (exact) mass is 414 g/mol. The van der Waals surface area contributed by atoms with Crippen molar-refractivity contribution in [2.75, 3.05) is 0 Å². The highest BCUT2D eigenvalue weighted by Gasteiger charge is 2.15. The van der Waals surface area contributed by atoms with Crippen molar-refractivity contribution in [1.29, 1.82) is 0 Å². The number of halogens is 2. The summed E-state index contributed by atoms with van der Waals surface area (Å²) in [6.07, 6.45) is 3.32. The number of benzene rings is 2. The minimum atomic E-state index is -0.667. The molecular weight excluding hydrogens is 403 g/mol. The van der Waals surface area contributed by atoms with Gasteiger partial charge in [0.1, 0.15) is 10.8 Å². The van der Waals surface area contributed by atoms with E-state index in [0.29, 0.717) is 10.9 Å². The maximum absolute atomic E-state index is 14.3. The number of nitro groups is 1. The van der Waals surface area contributed by atoms with Crippen LogP contribution in [0.2, 0.25) is 0 Å². The molecule has 28 heavy (non-hydrogen) atoms. The standard InChI is InChI=1S/C19H11FN4O2S.ClH/c20-15-10-13(24(25)26)7-8-17(15)27-19-14-5-1-2-6-16(14)22-18(23-19)12-4-3-9-21-11-12;/h1-11H;1H. The third-order valence-electron chi connectivity index (χ3n) is 3.82. The van der Waals surface area contributed by atoms with E-state index < -0.39 is 10.7 Å². The summed E-state index contributed by atoms with van der Waals surface area (Å²) >= 11 is 1.10. The smallest absolute Gasteiger partial charge is 0.264 e. The third-order valence-corrected chi connectivity index (χ3v) is 4.88. The zero-order valence-electron chi connectivity index (χ0n) is 14.2. The van der Waals surface area contributed by atoms with Crippen molar-refractivity contribution < 1.29 is 9.31 Å². The Kier molecular flexibility index (Phi) is 5.81. The Bertz CT molecular complexity index is 1160. The Morgan fingerprint density at radius 2 is 1.86 bits per heavy atom. The predicted molar refractivity (Wildman–Crippen MR) is 107 cm³/mol. The van der Waals surface area contributed by atoms with Gasteiger partial charge < -0.3 is 0 Å². The number of rotatable bonds is 4. The maximum atomic E-state index is 14.3. The molecule has 0 spiro atoms. The fraction of sp³-hybridized carbons (Fsp3) is 0. The van der Waals surface area contributed by atoms with Crippen LogP contribution in [0.25, 0.3) is 22.3 Å². The molecule has 4 aromatic rings. The van der Waals surface area contributed by atoms with Gasteiger partial charge in [-0.25, -0.2) is 14.4 Å². The van der Waals surface area contributed by atoms with E-state index in [4.69, 9.17) is 0 Å². The predicted octanol–water partition coefficient (Wildman–Crippen LogP) is 5.31. The van der Waals surface area contributed by atoms with Gasteiger partial charge in [-0.15, -0.1) is 12.4 Å². The highest BCUT2D eigenvalue weighted by molar-refractivity contribution is 7.99. The van der Waals surface area contributed by atoms with Gasteiger partial charge in [-0.05, 0) is 24.3 Å². The van der Waals surface area contributed by atoms with Crippen molar-refractivity contribution in [2.45, 2.75) is 9.92 Å². The Hall–Kier alpha value is -3.10. The van der Waals surface area contributed by atoms with Crippen molar-refractivity contribution in [3.63, 3.8) is 0 Å². The molecule has 9 heteroatoms. The van der Waals surface area contributed by atoms with Crippen LogP contribution < -0.4 is 0 Å². The number of nitrogens with zero attached hydrogens (tertiary/aromatic N) is 4. The molecule has 0 amide bonds. The lowest BCUT2D eigenvalue weighted by Crippen LogP contribution is -1.95. The molecule has 0 bridgehead atoms. The second-order valence-corrected chi connectivity index (χ2v) is 6.62. The minimum absolute atomic E-state index is 0. The number of fused-ring (bicyclic) bond motifs is 1. The Morgan fingerprint density at radius 3 is 2.57 bits per heavy atom. The molecule has 2 aromatic carbocycles. The molecule has 0 atom stereocenters. The lowest BCUT2D eigenvalue weighted by Gasteiger charge is -2.09. The average Bonchev–Trinajstić information content (AvgIpc) is 2.70. The van der Waals surface area contributed by atoms with E-state index in [1.165, 1.54) is 12.1 Å². The molecule has 0 unspecified atom stereocenters. The van der Waals surface area contributed by atoms with E-state index in [9.17, 15) is 14.5 Å². The number of nitro benzene ring substituents is 1. The van der Waals surface area contributed by atoms with Crippen LogP contribution in [0.4, 0.5) is 10.1 Å². The molecule has 0 aliphatic rings. The Labute approximate surface area is 169 Å². The third kappa shape index (κ3) is 3.92. The number of para-hydroxylation sites is 1. The van der Waals surface area contributed by atoms with E-state index >= 15 is 0 Å². The second-order valence-electron chi connectivity index (χ2n) is 5.59. The molecule has 2 heterocycles.